The molecule has 148 valence electrons. The Bertz CT molecular complexity index is 685. The predicted octanol–water partition coefficient (Wildman–Crippen LogP) is 3.16. The Morgan fingerprint density at radius 1 is 1.04 bits per heavy atom. The second kappa shape index (κ2) is 8.63. The Balaban J connectivity index is 1.96. The van der Waals surface area contributed by atoms with E-state index in [1.54, 1.807) is 25.2 Å². The minimum Gasteiger partial charge on any atom is -0.493 e. The molecule has 1 saturated carbocycles. The minimum absolute atomic E-state index is 0.0295. The standard InChI is InChI=1S/C21H30N2O4/c1-4-12-22-19(24)14-23(16-8-6-5-7-9-16)21(25)20(22)15-10-11-17(26-2)18(13-15)27-3/h10-11,13,16,20H,4-9,12,14H2,1-3H3. The summed E-state index contributed by atoms with van der Waals surface area (Å²) in [5.74, 6) is 1.24. The van der Waals surface area contributed by atoms with Crippen molar-refractivity contribution < 1.29 is 19.1 Å². The molecule has 0 N–H and O–H groups in total. The smallest absolute Gasteiger partial charge is 0.250 e. The first-order valence-corrected chi connectivity index (χ1v) is 9.92. The number of rotatable bonds is 6. The molecule has 1 aromatic rings. The fourth-order valence-electron chi connectivity index (χ4n) is 4.29. The average Bonchev–Trinajstić information content (AvgIpc) is 2.71. The first kappa shape index (κ1) is 19.5. The average molecular weight is 374 g/mol. The van der Waals surface area contributed by atoms with E-state index in [4.69, 9.17) is 9.47 Å². The summed E-state index contributed by atoms with van der Waals surface area (Å²) in [5, 5.41) is 0. The lowest BCUT2D eigenvalue weighted by molar-refractivity contribution is -0.159. The van der Waals surface area contributed by atoms with Gasteiger partial charge in [0.1, 0.15) is 12.6 Å². The van der Waals surface area contributed by atoms with Gasteiger partial charge in [-0.15, -0.1) is 0 Å². The fourth-order valence-corrected chi connectivity index (χ4v) is 4.29. The highest BCUT2D eigenvalue weighted by Gasteiger charge is 2.42. The van der Waals surface area contributed by atoms with Gasteiger partial charge in [-0.2, -0.15) is 0 Å². The Morgan fingerprint density at radius 2 is 1.74 bits per heavy atom. The molecule has 2 aliphatic rings. The van der Waals surface area contributed by atoms with Gasteiger partial charge < -0.3 is 19.3 Å². The number of amides is 2. The number of ether oxygens (including phenoxy) is 2. The number of nitrogens with zero attached hydrogens (tertiary/aromatic N) is 2. The molecule has 2 fully saturated rings. The third-order valence-corrected chi connectivity index (χ3v) is 5.66. The van der Waals surface area contributed by atoms with Crippen LogP contribution in [0.5, 0.6) is 11.5 Å². The van der Waals surface area contributed by atoms with Crippen LogP contribution in [0.4, 0.5) is 0 Å². The van der Waals surface area contributed by atoms with Crippen molar-refractivity contribution in [1.82, 2.24) is 9.80 Å². The second-order valence-electron chi connectivity index (χ2n) is 7.36. The molecule has 1 heterocycles. The molecule has 2 amide bonds. The first-order chi connectivity index (χ1) is 13.1. The number of hydrogen-bond acceptors (Lipinski definition) is 4. The highest BCUT2D eigenvalue weighted by molar-refractivity contribution is 5.96. The van der Waals surface area contributed by atoms with Crippen molar-refractivity contribution in [3.05, 3.63) is 23.8 Å². The van der Waals surface area contributed by atoms with Gasteiger partial charge in [-0.05, 0) is 37.0 Å². The van der Waals surface area contributed by atoms with Crippen LogP contribution in [0.2, 0.25) is 0 Å². The zero-order valence-corrected chi connectivity index (χ0v) is 16.6. The van der Waals surface area contributed by atoms with Gasteiger partial charge in [-0.3, -0.25) is 9.59 Å². The van der Waals surface area contributed by atoms with Crippen molar-refractivity contribution >= 4 is 11.8 Å². The van der Waals surface area contributed by atoms with Crippen LogP contribution in [-0.4, -0.2) is 55.0 Å². The molecule has 1 aliphatic carbocycles. The molecule has 1 atom stereocenters. The van der Waals surface area contributed by atoms with Crippen LogP contribution in [0.15, 0.2) is 18.2 Å². The van der Waals surface area contributed by atoms with Crippen molar-refractivity contribution in [1.29, 1.82) is 0 Å². The van der Waals surface area contributed by atoms with Crippen LogP contribution in [-0.2, 0) is 9.59 Å². The molecule has 27 heavy (non-hydrogen) atoms. The Labute approximate surface area is 161 Å². The van der Waals surface area contributed by atoms with E-state index in [2.05, 4.69) is 0 Å². The molecular formula is C21H30N2O4. The lowest BCUT2D eigenvalue weighted by Crippen LogP contribution is -2.58. The maximum Gasteiger partial charge on any atom is 0.250 e. The number of benzene rings is 1. The highest BCUT2D eigenvalue weighted by Crippen LogP contribution is 2.36. The molecule has 0 bridgehead atoms. The van der Waals surface area contributed by atoms with Crippen LogP contribution < -0.4 is 9.47 Å². The summed E-state index contributed by atoms with van der Waals surface area (Å²) in [4.78, 5) is 29.9. The van der Waals surface area contributed by atoms with E-state index in [1.807, 2.05) is 24.0 Å². The molecule has 6 heteroatoms. The number of methoxy groups -OCH3 is 2. The van der Waals surface area contributed by atoms with Crippen LogP contribution in [0.3, 0.4) is 0 Å². The Kier molecular flexibility index (Phi) is 6.24. The fraction of sp³-hybridized carbons (Fsp3) is 0.619. The Morgan fingerprint density at radius 3 is 2.37 bits per heavy atom. The molecular weight excluding hydrogens is 344 g/mol. The summed E-state index contributed by atoms with van der Waals surface area (Å²) < 4.78 is 10.7. The summed E-state index contributed by atoms with van der Waals surface area (Å²) in [6.07, 6.45) is 6.27. The monoisotopic (exact) mass is 374 g/mol. The van der Waals surface area contributed by atoms with E-state index in [1.165, 1.54) is 6.42 Å². The lowest BCUT2D eigenvalue weighted by atomic mass is 9.91. The molecule has 0 spiro atoms. The summed E-state index contributed by atoms with van der Waals surface area (Å²) >= 11 is 0. The summed E-state index contributed by atoms with van der Waals surface area (Å²) in [6, 6.07) is 5.08. The molecule has 1 unspecified atom stereocenters. The largest absolute Gasteiger partial charge is 0.493 e. The van der Waals surface area contributed by atoms with Crippen molar-refractivity contribution in [2.75, 3.05) is 27.3 Å². The van der Waals surface area contributed by atoms with Gasteiger partial charge in [0.05, 0.1) is 14.2 Å². The molecule has 6 nitrogen and oxygen atoms in total. The summed E-state index contributed by atoms with van der Waals surface area (Å²) in [7, 11) is 3.16. The van der Waals surface area contributed by atoms with Gasteiger partial charge in [0.2, 0.25) is 5.91 Å². The van der Waals surface area contributed by atoms with Gasteiger partial charge in [-0.25, -0.2) is 0 Å². The van der Waals surface area contributed by atoms with Crippen LogP contribution in [0.25, 0.3) is 0 Å². The summed E-state index contributed by atoms with van der Waals surface area (Å²) in [5.41, 5.74) is 0.778. The van der Waals surface area contributed by atoms with E-state index in [0.717, 1.165) is 37.7 Å². The highest BCUT2D eigenvalue weighted by atomic mass is 16.5. The van der Waals surface area contributed by atoms with Crippen LogP contribution >= 0.6 is 0 Å². The van der Waals surface area contributed by atoms with E-state index in [0.29, 0.717) is 18.0 Å². The quantitative estimate of drug-likeness (QED) is 0.767. The van der Waals surface area contributed by atoms with Gasteiger partial charge in [0.15, 0.2) is 11.5 Å². The molecule has 0 aromatic heterocycles. The van der Waals surface area contributed by atoms with Crippen molar-refractivity contribution in [2.45, 2.75) is 57.5 Å². The van der Waals surface area contributed by atoms with Gasteiger partial charge in [-0.1, -0.05) is 32.3 Å². The van der Waals surface area contributed by atoms with E-state index >= 15 is 0 Å². The maximum absolute atomic E-state index is 13.5. The normalized spacial score (nSPS) is 21.5. The second-order valence-corrected chi connectivity index (χ2v) is 7.36. The number of carbonyl (C=O) groups excluding carboxylic acids is 2. The Hall–Kier alpha value is -2.24. The van der Waals surface area contributed by atoms with Gasteiger partial charge >= 0.3 is 0 Å². The number of piperazine rings is 1. The van der Waals surface area contributed by atoms with Crippen molar-refractivity contribution in [3.63, 3.8) is 0 Å². The van der Waals surface area contributed by atoms with Crippen LogP contribution in [0.1, 0.15) is 57.1 Å². The van der Waals surface area contributed by atoms with E-state index < -0.39 is 6.04 Å². The number of hydrogen-bond donors (Lipinski definition) is 0. The molecule has 1 saturated heterocycles. The zero-order valence-electron chi connectivity index (χ0n) is 16.6. The maximum atomic E-state index is 13.5. The lowest BCUT2D eigenvalue weighted by Gasteiger charge is -2.44. The predicted molar refractivity (Wildman–Crippen MR) is 103 cm³/mol. The minimum atomic E-state index is -0.590. The zero-order chi connectivity index (χ0) is 19.4. The molecule has 3 rings (SSSR count). The molecule has 1 aromatic carbocycles. The van der Waals surface area contributed by atoms with Gasteiger partial charge in [0.25, 0.3) is 5.91 Å². The molecule has 0 radical (unpaired) electrons. The molecule has 1 aliphatic heterocycles. The third kappa shape index (κ3) is 3.89. The first-order valence-electron chi connectivity index (χ1n) is 9.92. The van der Waals surface area contributed by atoms with E-state index in [-0.39, 0.29) is 24.4 Å². The van der Waals surface area contributed by atoms with Crippen molar-refractivity contribution in [3.8, 4) is 11.5 Å². The third-order valence-electron chi connectivity index (χ3n) is 5.66. The van der Waals surface area contributed by atoms with Gasteiger partial charge in [0, 0.05) is 12.6 Å². The number of carbonyl (C=O) groups is 2. The topological polar surface area (TPSA) is 59.1 Å². The van der Waals surface area contributed by atoms with Crippen molar-refractivity contribution in [2.24, 2.45) is 0 Å². The van der Waals surface area contributed by atoms with Crippen LogP contribution in [0, 0.1) is 0 Å². The SMILES string of the molecule is CCCN1C(=O)CN(C2CCCCC2)C(=O)C1c1ccc(OC)c(OC)c1. The summed E-state index contributed by atoms with van der Waals surface area (Å²) in [6.45, 7) is 2.80. The van der Waals surface area contributed by atoms with E-state index in [9.17, 15) is 9.59 Å².